The van der Waals surface area contributed by atoms with Crippen molar-refractivity contribution in [2.24, 2.45) is 0 Å². The minimum absolute atomic E-state index is 0.157. The zero-order valence-electron chi connectivity index (χ0n) is 9.93. The first-order chi connectivity index (χ1) is 9.70. The molecule has 0 aliphatic rings. The molecule has 21 heavy (non-hydrogen) atoms. The maximum absolute atomic E-state index is 12.2. The Morgan fingerprint density at radius 3 is 2.48 bits per heavy atom. The van der Waals surface area contributed by atoms with Gasteiger partial charge in [0.05, 0.1) is 10.7 Å². The fourth-order valence-electron chi connectivity index (χ4n) is 1.41. The predicted molar refractivity (Wildman–Crippen MR) is 83.3 cm³/mol. The van der Waals surface area contributed by atoms with Crippen LogP contribution in [0.2, 0.25) is 5.02 Å². The van der Waals surface area contributed by atoms with Gasteiger partial charge in [0.25, 0.3) is 10.0 Å². The molecule has 0 atom stereocenters. The Kier molecular flexibility index (Phi) is 4.66. The summed E-state index contributed by atoms with van der Waals surface area (Å²) < 4.78 is 32.0. The van der Waals surface area contributed by atoms with Crippen molar-refractivity contribution < 1.29 is 22.7 Å². The van der Waals surface area contributed by atoms with Crippen LogP contribution in [0, 0.1) is 0 Å². The van der Waals surface area contributed by atoms with Crippen molar-refractivity contribution >= 4 is 65.1 Å². The highest BCUT2D eigenvalue weighted by Crippen LogP contribution is 2.31. The summed E-state index contributed by atoms with van der Waals surface area (Å²) in [5.74, 6) is -1.87. The topological polar surface area (TPSA) is 96.6 Å². The molecule has 0 amide bonds. The zero-order chi connectivity index (χ0) is 15.8. The lowest BCUT2D eigenvalue weighted by Gasteiger charge is -2.08. The molecule has 1 heterocycles. The van der Waals surface area contributed by atoms with Crippen molar-refractivity contribution in [2.75, 3.05) is 4.72 Å². The van der Waals surface area contributed by atoms with Gasteiger partial charge in [-0.05, 0) is 34.1 Å². The highest BCUT2D eigenvalue weighted by molar-refractivity contribution is 9.10. The molecular weight excluding hydrogens is 453 g/mol. The highest BCUT2D eigenvalue weighted by atomic mass is 79.9. The van der Waals surface area contributed by atoms with Crippen LogP contribution >= 0.6 is 43.5 Å². The van der Waals surface area contributed by atoms with Crippen LogP contribution < -0.4 is 4.72 Å². The minimum atomic E-state index is -4.05. The van der Waals surface area contributed by atoms with Crippen molar-refractivity contribution in [3.05, 3.63) is 44.2 Å². The summed E-state index contributed by atoms with van der Waals surface area (Å²) in [6.07, 6.45) is 0. The van der Waals surface area contributed by atoms with E-state index in [-0.39, 0.29) is 20.3 Å². The quantitative estimate of drug-likeness (QED) is 0.722. The summed E-state index contributed by atoms with van der Waals surface area (Å²) >= 11 is 12.0. The fourth-order valence-corrected chi connectivity index (χ4v) is 4.21. The first-order valence-corrected chi connectivity index (χ1v) is 8.66. The molecule has 0 aliphatic carbocycles. The van der Waals surface area contributed by atoms with E-state index in [4.69, 9.17) is 21.1 Å². The number of carboxylic acid groups (broad SMARTS) is 1. The monoisotopic (exact) mass is 457 g/mol. The third kappa shape index (κ3) is 3.60. The van der Waals surface area contributed by atoms with Crippen LogP contribution in [0.25, 0.3) is 0 Å². The molecular formula is C11H6Br2ClNO5S. The Bertz CT molecular complexity index is 818. The van der Waals surface area contributed by atoms with Crippen molar-refractivity contribution in [1.82, 2.24) is 0 Å². The molecule has 1 aromatic carbocycles. The average molecular weight is 459 g/mol. The molecule has 0 aliphatic heterocycles. The number of carboxylic acids is 1. The largest absolute Gasteiger partial charge is 0.475 e. The number of rotatable bonds is 4. The lowest BCUT2D eigenvalue weighted by molar-refractivity contribution is 0.0661. The van der Waals surface area contributed by atoms with Gasteiger partial charge in [-0.3, -0.25) is 4.72 Å². The lowest BCUT2D eigenvalue weighted by atomic mass is 10.3. The lowest BCUT2D eigenvalue weighted by Crippen LogP contribution is -2.13. The molecule has 0 radical (unpaired) electrons. The maximum atomic E-state index is 12.2. The Labute approximate surface area is 141 Å². The molecule has 2 rings (SSSR count). The second-order valence-electron chi connectivity index (χ2n) is 3.78. The van der Waals surface area contributed by atoms with Crippen molar-refractivity contribution in [2.45, 2.75) is 4.90 Å². The standard InChI is InChI=1S/C11H6Br2ClNO5S/c12-5-1-2-7(6(14)3-5)15-21(18,19)9-4-8(11(16)17)20-10(9)13/h1-4,15H,(H,16,17). The number of benzene rings is 1. The molecule has 0 saturated carbocycles. The van der Waals surface area contributed by atoms with E-state index >= 15 is 0 Å². The minimum Gasteiger partial charge on any atom is -0.475 e. The first kappa shape index (κ1) is 16.3. The van der Waals surface area contributed by atoms with Crippen molar-refractivity contribution in [3.63, 3.8) is 0 Å². The molecule has 0 spiro atoms. The summed E-state index contributed by atoms with van der Waals surface area (Å²) in [5.41, 5.74) is 0.157. The van der Waals surface area contributed by atoms with Crippen LogP contribution in [0.15, 0.2) is 42.7 Å². The molecule has 10 heteroatoms. The van der Waals surface area contributed by atoms with Gasteiger partial charge in [-0.15, -0.1) is 0 Å². The third-order valence-electron chi connectivity index (χ3n) is 2.33. The number of nitrogens with one attached hydrogen (secondary N) is 1. The molecule has 0 saturated heterocycles. The summed E-state index contributed by atoms with van der Waals surface area (Å²) in [6, 6.07) is 5.50. The number of hydrogen-bond acceptors (Lipinski definition) is 4. The van der Waals surface area contributed by atoms with E-state index in [0.29, 0.717) is 4.47 Å². The Morgan fingerprint density at radius 1 is 1.29 bits per heavy atom. The number of sulfonamides is 1. The summed E-state index contributed by atoms with van der Waals surface area (Å²) in [5, 5.41) is 8.98. The van der Waals surface area contributed by atoms with Crippen molar-refractivity contribution in [1.29, 1.82) is 0 Å². The van der Waals surface area contributed by atoms with Gasteiger partial charge in [0.15, 0.2) is 4.67 Å². The second kappa shape index (κ2) is 5.99. The summed E-state index contributed by atoms with van der Waals surface area (Å²) in [4.78, 5) is 10.5. The van der Waals surface area contributed by atoms with E-state index in [1.54, 1.807) is 6.07 Å². The fraction of sp³-hybridized carbons (Fsp3) is 0. The van der Waals surface area contributed by atoms with Gasteiger partial charge < -0.3 is 9.52 Å². The molecule has 0 bridgehead atoms. The van der Waals surface area contributed by atoms with Gasteiger partial charge in [0.2, 0.25) is 5.76 Å². The van der Waals surface area contributed by atoms with Crippen LogP contribution in [0.3, 0.4) is 0 Å². The Balaban J connectivity index is 2.41. The van der Waals surface area contributed by atoms with Gasteiger partial charge in [0, 0.05) is 10.5 Å². The van der Waals surface area contributed by atoms with E-state index in [9.17, 15) is 13.2 Å². The average Bonchev–Trinajstić information content (AvgIpc) is 2.76. The van der Waals surface area contributed by atoms with E-state index in [1.807, 2.05) is 0 Å². The Hall–Kier alpha value is -1.03. The van der Waals surface area contributed by atoms with E-state index in [2.05, 4.69) is 36.6 Å². The molecule has 1 aromatic heterocycles. The van der Waals surface area contributed by atoms with Crippen LogP contribution in [-0.2, 0) is 10.0 Å². The van der Waals surface area contributed by atoms with Crippen molar-refractivity contribution in [3.8, 4) is 0 Å². The van der Waals surface area contributed by atoms with E-state index in [0.717, 1.165) is 6.07 Å². The number of halogens is 3. The van der Waals surface area contributed by atoms with Crippen LogP contribution in [0.4, 0.5) is 5.69 Å². The normalized spacial score (nSPS) is 11.4. The zero-order valence-corrected chi connectivity index (χ0v) is 14.7. The smallest absolute Gasteiger partial charge is 0.371 e. The molecule has 0 unspecified atom stereocenters. The number of aromatic carboxylic acids is 1. The number of hydrogen-bond donors (Lipinski definition) is 2. The van der Waals surface area contributed by atoms with Gasteiger partial charge in [0.1, 0.15) is 4.90 Å². The number of carbonyl (C=O) groups is 1. The first-order valence-electron chi connectivity index (χ1n) is 5.21. The van der Waals surface area contributed by atoms with E-state index < -0.39 is 21.8 Å². The predicted octanol–water partition coefficient (Wildman–Crippen LogP) is 3.96. The maximum Gasteiger partial charge on any atom is 0.371 e. The molecule has 2 N–H and O–H groups in total. The SMILES string of the molecule is O=C(O)c1cc(S(=O)(=O)Nc2ccc(Br)cc2Cl)c(Br)o1. The molecule has 0 fully saturated rings. The highest BCUT2D eigenvalue weighted by Gasteiger charge is 2.25. The van der Waals surface area contributed by atoms with Crippen LogP contribution in [-0.4, -0.2) is 19.5 Å². The number of furan rings is 1. The van der Waals surface area contributed by atoms with E-state index in [1.165, 1.54) is 12.1 Å². The van der Waals surface area contributed by atoms with Crippen LogP contribution in [0.5, 0.6) is 0 Å². The molecule has 2 aromatic rings. The number of anilines is 1. The van der Waals surface area contributed by atoms with Gasteiger partial charge in [-0.25, -0.2) is 13.2 Å². The summed E-state index contributed by atoms with van der Waals surface area (Å²) in [7, 11) is -4.05. The Morgan fingerprint density at radius 2 is 1.95 bits per heavy atom. The van der Waals surface area contributed by atoms with Crippen LogP contribution in [0.1, 0.15) is 10.6 Å². The third-order valence-corrected chi connectivity index (χ3v) is 5.36. The molecule has 112 valence electrons. The second-order valence-corrected chi connectivity index (χ2v) is 7.48. The van der Waals surface area contributed by atoms with Gasteiger partial charge in [-0.2, -0.15) is 0 Å². The molecule has 6 nitrogen and oxygen atoms in total. The van der Waals surface area contributed by atoms with Gasteiger partial charge in [-0.1, -0.05) is 27.5 Å². The van der Waals surface area contributed by atoms with Gasteiger partial charge >= 0.3 is 5.97 Å². The summed E-state index contributed by atoms with van der Waals surface area (Å²) in [6.45, 7) is 0.